The Labute approximate surface area is 163 Å². The molecule has 1 atom stereocenters. The molecule has 2 heterocycles. The molecule has 0 aliphatic carbocycles. The van der Waals surface area contributed by atoms with Crippen molar-refractivity contribution in [3.05, 3.63) is 75.9 Å². The standard InChI is InChI=1S/C19H14ClF2N3OS/c1-10-16-18(11-5-4-7-13(21)17(11)22)27-9-15(26)23-19(16)25(24-10)14-8-3-2-6-12(14)20/h2-8,18H,9H2,1H3,(H,23,26)/t18-/m1/s1. The van der Waals surface area contributed by atoms with Gasteiger partial charge in [0.1, 0.15) is 5.82 Å². The second-order valence-electron chi connectivity index (χ2n) is 6.09. The van der Waals surface area contributed by atoms with Crippen molar-refractivity contribution in [1.29, 1.82) is 0 Å². The van der Waals surface area contributed by atoms with Crippen molar-refractivity contribution in [1.82, 2.24) is 9.78 Å². The molecule has 0 fully saturated rings. The third kappa shape index (κ3) is 3.11. The summed E-state index contributed by atoms with van der Waals surface area (Å²) in [5, 5.41) is 7.24. The van der Waals surface area contributed by atoms with Crippen molar-refractivity contribution in [2.75, 3.05) is 11.1 Å². The summed E-state index contributed by atoms with van der Waals surface area (Å²) in [5.74, 6) is -1.55. The molecule has 0 spiro atoms. The summed E-state index contributed by atoms with van der Waals surface area (Å²) in [4.78, 5) is 12.3. The number of thioether (sulfide) groups is 1. The lowest BCUT2D eigenvalue weighted by Gasteiger charge is -2.16. The maximum Gasteiger partial charge on any atom is 0.235 e. The van der Waals surface area contributed by atoms with Gasteiger partial charge in [-0.1, -0.05) is 35.9 Å². The second kappa shape index (κ2) is 6.98. The molecule has 138 valence electrons. The quantitative estimate of drug-likeness (QED) is 0.660. The van der Waals surface area contributed by atoms with Crippen LogP contribution in [0.15, 0.2) is 42.5 Å². The van der Waals surface area contributed by atoms with Crippen LogP contribution in [-0.2, 0) is 4.79 Å². The van der Waals surface area contributed by atoms with Crippen molar-refractivity contribution in [3.63, 3.8) is 0 Å². The van der Waals surface area contributed by atoms with Crippen molar-refractivity contribution in [2.24, 2.45) is 0 Å². The van der Waals surface area contributed by atoms with E-state index in [4.69, 9.17) is 11.6 Å². The average molecular weight is 406 g/mol. The average Bonchev–Trinajstić information content (AvgIpc) is 2.84. The van der Waals surface area contributed by atoms with Crippen LogP contribution in [0.3, 0.4) is 0 Å². The van der Waals surface area contributed by atoms with E-state index in [1.807, 2.05) is 6.07 Å². The number of hydrogen-bond acceptors (Lipinski definition) is 3. The van der Waals surface area contributed by atoms with Gasteiger partial charge in [0, 0.05) is 11.1 Å². The molecule has 1 aliphatic rings. The van der Waals surface area contributed by atoms with E-state index < -0.39 is 16.9 Å². The number of anilines is 1. The van der Waals surface area contributed by atoms with Gasteiger partial charge in [-0.3, -0.25) is 4.79 Å². The molecule has 0 unspecified atom stereocenters. The Kier molecular flexibility index (Phi) is 4.65. The van der Waals surface area contributed by atoms with Gasteiger partial charge in [0.05, 0.1) is 27.4 Å². The second-order valence-corrected chi connectivity index (χ2v) is 7.59. The maximum atomic E-state index is 14.5. The minimum Gasteiger partial charge on any atom is -0.310 e. The first kappa shape index (κ1) is 18.0. The Bertz CT molecular complexity index is 1050. The van der Waals surface area contributed by atoms with E-state index in [0.717, 1.165) is 6.07 Å². The summed E-state index contributed by atoms with van der Waals surface area (Å²) in [6.07, 6.45) is 0. The van der Waals surface area contributed by atoms with Crippen LogP contribution in [0.2, 0.25) is 5.02 Å². The first-order valence-electron chi connectivity index (χ1n) is 8.17. The smallest absolute Gasteiger partial charge is 0.235 e. The van der Waals surface area contributed by atoms with Gasteiger partial charge < -0.3 is 5.32 Å². The summed E-state index contributed by atoms with van der Waals surface area (Å²) < 4.78 is 29.8. The summed E-state index contributed by atoms with van der Waals surface area (Å²) >= 11 is 7.53. The van der Waals surface area contributed by atoms with E-state index >= 15 is 0 Å². The van der Waals surface area contributed by atoms with E-state index in [2.05, 4.69) is 10.4 Å². The third-order valence-electron chi connectivity index (χ3n) is 4.35. The van der Waals surface area contributed by atoms with E-state index in [1.165, 1.54) is 23.9 Å². The monoisotopic (exact) mass is 405 g/mol. The van der Waals surface area contributed by atoms with E-state index in [9.17, 15) is 13.6 Å². The normalized spacial score (nSPS) is 16.6. The number of carbonyl (C=O) groups is 1. The molecule has 0 radical (unpaired) electrons. The van der Waals surface area contributed by atoms with E-state index in [-0.39, 0.29) is 17.2 Å². The zero-order valence-corrected chi connectivity index (χ0v) is 15.7. The summed E-state index contributed by atoms with van der Waals surface area (Å²) in [6.45, 7) is 1.77. The fourth-order valence-electron chi connectivity index (χ4n) is 3.15. The molecule has 4 rings (SSSR count). The van der Waals surface area contributed by atoms with Crippen LogP contribution < -0.4 is 5.32 Å². The molecular formula is C19H14ClF2N3OS. The molecule has 4 nitrogen and oxygen atoms in total. The number of carbonyl (C=O) groups excluding carboxylic acids is 1. The molecule has 8 heteroatoms. The van der Waals surface area contributed by atoms with E-state index in [1.54, 1.807) is 29.8 Å². The Morgan fingerprint density at radius 1 is 1.22 bits per heavy atom. The lowest BCUT2D eigenvalue weighted by atomic mass is 10.0. The number of halogens is 3. The van der Waals surface area contributed by atoms with Crippen LogP contribution in [0.25, 0.3) is 5.69 Å². The number of hydrogen-bond donors (Lipinski definition) is 1. The molecule has 0 saturated carbocycles. The number of nitrogens with zero attached hydrogens (tertiary/aromatic N) is 2. The molecule has 0 saturated heterocycles. The van der Waals surface area contributed by atoms with Crippen LogP contribution in [0.5, 0.6) is 0 Å². The zero-order chi connectivity index (χ0) is 19.1. The number of nitrogens with one attached hydrogen (secondary N) is 1. The Morgan fingerprint density at radius 2 is 2.00 bits per heavy atom. The summed E-state index contributed by atoms with van der Waals surface area (Å²) in [6, 6.07) is 11.2. The molecule has 1 aliphatic heterocycles. The molecule has 1 amide bonds. The number of rotatable bonds is 2. The lowest BCUT2D eigenvalue weighted by molar-refractivity contribution is -0.113. The highest BCUT2D eigenvalue weighted by Crippen LogP contribution is 2.45. The largest absolute Gasteiger partial charge is 0.310 e. The van der Waals surface area contributed by atoms with Gasteiger partial charge in [-0.15, -0.1) is 11.8 Å². The number of amides is 1. The van der Waals surface area contributed by atoms with Crippen LogP contribution in [0, 0.1) is 18.6 Å². The minimum absolute atomic E-state index is 0.108. The Hall–Kier alpha value is -2.38. The fourth-order valence-corrected chi connectivity index (χ4v) is 4.57. The number of benzene rings is 2. The van der Waals surface area contributed by atoms with Crippen LogP contribution in [0.1, 0.15) is 22.1 Å². The van der Waals surface area contributed by atoms with Crippen LogP contribution in [-0.4, -0.2) is 21.4 Å². The molecule has 0 bridgehead atoms. The van der Waals surface area contributed by atoms with Gasteiger partial charge in [-0.2, -0.15) is 5.10 Å². The summed E-state index contributed by atoms with van der Waals surface area (Å²) in [7, 11) is 0. The molecule has 2 aromatic carbocycles. The van der Waals surface area contributed by atoms with Crippen molar-refractivity contribution < 1.29 is 13.6 Å². The molecule has 27 heavy (non-hydrogen) atoms. The first-order valence-corrected chi connectivity index (χ1v) is 9.60. The highest BCUT2D eigenvalue weighted by molar-refractivity contribution is 8.00. The van der Waals surface area contributed by atoms with Gasteiger partial charge in [0.2, 0.25) is 5.91 Å². The Morgan fingerprint density at radius 3 is 2.78 bits per heavy atom. The number of para-hydroxylation sites is 1. The topological polar surface area (TPSA) is 46.9 Å². The Balaban J connectivity index is 1.95. The van der Waals surface area contributed by atoms with Crippen LogP contribution >= 0.6 is 23.4 Å². The summed E-state index contributed by atoms with van der Waals surface area (Å²) in [5.41, 5.74) is 2.01. The van der Waals surface area contributed by atoms with Gasteiger partial charge in [0.15, 0.2) is 11.6 Å². The van der Waals surface area contributed by atoms with Gasteiger partial charge >= 0.3 is 0 Å². The van der Waals surface area contributed by atoms with E-state index in [0.29, 0.717) is 27.8 Å². The maximum absolute atomic E-state index is 14.5. The lowest BCUT2D eigenvalue weighted by Crippen LogP contribution is -2.16. The third-order valence-corrected chi connectivity index (χ3v) is 5.92. The highest BCUT2D eigenvalue weighted by Gasteiger charge is 2.32. The molecule has 1 aromatic heterocycles. The van der Waals surface area contributed by atoms with Gasteiger partial charge in [-0.25, -0.2) is 13.5 Å². The SMILES string of the molecule is Cc1nn(-c2ccccc2Cl)c2c1[C@@H](c1cccc(F)c1F)SCC(=O)N2. The fraction of sp³-hybridized carbons (Fsp3) is 0.158. The molecule has 3 aromatic rings. The van der Waals surface area contributed by atoms with Gasteiger partial charge in [-0.05, 0) is 25.1 Å². The van der Waals surface area contributed by atoms with Crippen molar-refractivity contribution in [2.45, 2.75) is 12.2 Å². The number of aromatic nitrogens is 2. The number of fused-ring (bicyclic) bond motifs is 1. The minimum atomic E-state index is -0.922. The zero-order valence-electron chi connectivity index (χ0n) is 14.2. The predicted octanol–water partition coefficient (Wildman–Crippen LogP) is 4.89. The van der Waals surface area contributed by atoms with Crippen molar-refractivity contribution >= 4 is 35.1 Å². The molecule has 1 N–H and O–H groups in total. The van der Waals surface area contributed by atoms with Crippen LogP contribution in [0.4, 0.5) is 14.6 Å². The first-order chi connectivity index (χ1) is 13.0. The van der Waals surface area contributed by atoms with Gasteiger partial charge in [0.25, 0.3) is 0 Å². The molecular weight excluding hydrogens is 392 g/mol. The van der Waals surface area contributed by atoms with Crippen molar-refractivity contribution in [3.8, 4) is 5.69 Å². The predicted molar refractivity (Wildman–Crippen MR) is 103 cm³/mol. The number of aryl methyl sites for hydroxylation is 1. The highest BCUT2D eigenvalue weighted by atomic mass is 35.5.